The van der Waals surface area contributed by atoms with Crippen molar-refractivity contribution in [1.29, 1.82) is 0 Å². The second kappa shape index (κ2) is 26.6. The van der Waals surface area contributed by atoms with Crippen LogP contribution in [0.4, 0.5) is 0 Å². The summed E-state index contributed by atoms with van der Waals surface area (Å²) < 4.78 is 3.25. The second-order valence-corrected chi connectivity index (χ2v) is 9.73. The third-order valence-electron chi connectivity index (χ3n) is 2.90. The molecule has 0 amide bonds. The van der Waals surface area contributed by atoms with Gasteiger partial charge < -0.3 is 10.2 Å². The van der Waals surface area contributed by atoms with Gasteiger partial charge in [-0.15, -0.1) is 0 Å². The molecule has 4 nitrogen and oxygen atoms in total. The Hall–Kier alpha value is -0.261. The molecule has 0 aromatic rings. The van der Waals surface area contributed by atoms with E-state index in [2.05, 4.69) is 13.8 Å². The Labute approximate surface area is 153 Å². The predicted octanol–water partition coefficient (Wildman–Crippen LogP) is 5.65. The summed E-state index contributed by atoms with van der Waals surface area (Å²) in [5.74, 6) is -1.39. The van der Waals surface area contributed by atoms with Gasteiger partial charge in [0.2, 0.25) is 0 Å². The van der Waals surface area contributed by atoms with Crippen LogP contribution in [0.1, 0.15) is 91.9 Å². The van der Waals surface area contributed by atoms with Crippen molar-refractivity contribution in [1.82, 2.24) is 0 Å². The summed E-state index contributed by atoms with van der Waals surface area (Å²) in [6.07, 6.45) is 10.0. The molecule has 0 aliphatic rings. The number of carbonyl (C=O) groups is 2. The van der Waals surface area contributed by atoms with Gasteiger partial charge >= 0.3 is 81.5 Å². The van der Waals surface area contributed by atoms with Gasteiger partial charge in [-0.25, -0.2) is 0 Å². The Morgan fingerprint density at radius 2 is 0.957 bits per heavy atom. The van der Waals surface area contributed by atoms with E-state index in [1.807, 2.05) is 13.8 Å². The average molecular weight is 437 g/mol. The molecule has 0 aromatic heterocycles. The molecule has 0 bridgehead atoms. The SMILES string of the molecule is CCCCC(=O)O.CCCCC(=O)O.CCC[CH2][Sn][CH2]CCC. The van der Waals surface area contributed by atoms with Crippen molar-refractivity contribution in [3.8, 4) is 0 Å². The summed E-state index contributed by atoms with van der Waals surface area (Å²) in [7, 11) is 0. The third kappa shape index (κ3) is 44.9. The molecule has 0 atom stereocenters. The average Bonchev–Trinajstić information content (AvgIpc) is 2.52. The van der Waals surface area contributed by atoms with Crippen molar-refractivity contribution in [2.45, 2.75) is 101 Å². The summed E-state index contributed by atoms with van der Waals surface area (Å²) >= 11 is 0.149. The van der Waals surface area contributed by atoms with Gasteiger partial charge in [0.1, 0.15) is 0 Å². The number of rotatable bonds is 12. The molecular weight excluding hydrogens is 399 g/mol. The van der Waals surface area contributed by atoms with Gasteiger partial charge in [-0.3, -0.25) is 9.59 Å². The summed E-state index contributed by atoms with van der Waals surface area (Å²) in [6, 6.07) is 0. The zero-order valence-corrected chi connectivity index (χ0v) is 18.6. The van der Waals surface area contributed by atoms with E-state index in [0.717, 1.165) is 25.7 Å². The predicted molar refractivity (Wildman–Crippen MR) is 99.5 cm³/mol. The van der Waals surface area contributed by atoms with Gasteiger partial charge in [0.25, 0.3) is 0 Å². The Bertz CT molecular complexity index is 221. The van der Waals surface area contributed by atoms with E-state index in [1.54, 1.807) is 8.87 Å². The van der Waals surface area contributed by atoms with E-state index in [1.165, 1.54) is 25.7 Å². The molecule has 0 unspecified atom stereocenters. The summed E-state index contributed by atoms with van der Waals surface area (Å²) in [4.78, 5) is 19.5. The van der Waals surface area contributed by atoms with Crippen molar-refractivity contribution < 1.29 is 19.8 Å². The van der Waals surface area contributed by atoms with Crippen LogP contribution in [-0.2, 0) is 9.59 Å². The molecule has 0 saturated heterocycles. The maximum absolute atomic E-state index is 9.76. The number of unbranched alkanes of at least 4 members (excludes halogenated alkanes) is 4. The zero-order chi connectivity index (χ0) is 18.3. The Kier molecular flexibility index (Phi) is 31.9. The fourth-order valence-electron chi connectivity index (χ4n) is 1.38. The van der Waals surface area contributed by atoms with Gasteiger partial charge in [0.05, 0.1) is 0 Å². The second-order valence-electron chi connectivity index (χ2n) is 5.45. The molecule has 0 fully saturated rings. The van der Waals surface area contributed by atoms with Crippen molar-refractivity contribution in [2.75, 3.05) is 0 Å². The molecule has 138 valence electrons. The summed E-state index contributed by atoms with van der Waals surface area (Å²) in [6.45, 7) is 8.53. The van der Waals surface area contributed by atoms with Crippen LogP contribution in [0, 0.1) is 0 Å². The van der Waals surface area contributed by atoms with Gasteiger partial charge in [-0.05, 0) is 12.8 Å². The molecule has 0 spiro atoms. The molecule has 23 heavy (non-hydrogen) atoms. The van der Waals surface area contributed by atoms with Crippen LogP contribution >= 0.6 is 0 Å². The van der Waals surface area contributed by atoms with Crippen LogP contribution < -0.4 is 0 Å². The maximum atomic E-state index is 9.76. The molecule has 2 N–H and O–H groups in total. The molecular formula is C18H38O4Sn. The summed E-state index contributed by atoms with van der Waals surface area (Å²) in [5.41, 5.74) is 0. The molecule has 0 rings (SSSR count). The van der Waals surface area contributed by atoms with Gasteiger partial charge in [-0.2, -0.15) is 0 Å². The van der Waals surface area contributed by atoms with Crippen LogP contribution in [0.5, 0.6) is 0 Å². The van der Waals surface area contributed by atoms with Gasteiger partial charge in [0, 0.05) is 12.8 Å². The fraction of sp³-hybridized carbons (Fsp3) is 0.889. The first kappa shape index (κ1) is 27.6. The third-order valence-corrected chi connectivity index (χ3v) is 6.94. The Balaban J connectivity index is -0.000000264. The number of hydrogen-bond donors (Lipinski definition) is 2. The molecule has 0 aliphatic heterocycles. The summed E-state index contributed by atoms with van der Waals surface area (Å²) in [5, 5.41) is 16.1. The first-order valence-electron chi connectivity index (χ1n) is 9.10. The number of aliphatic carboxylic acids is 2. The van der Waals surface area contributed by atoms with Crippen molar-refractivity contribution in [3.05, 3.63) is 0 Å². The van der Waals surface area contributed by atoms with Crippen molar-refractivity contribution in [3.63, 3.8) is 0 Å². The molecule has 0 heterocycles. The van der Waals surface area contributed by atoms with Gasteiger partial charge in [-0.1, -0.05) is 26.7 Å². The van der Waals surface area contributed by atoms with Gasteiger partial charge in [0.15, 0.2) is 0 Å². The normalized spacial score (nSPS) is 9.22. The molecule has 0 aromatic carbocycles. The molecule has 0 aliphatic carbocycles. The molecule has 2 radical (unpaired) electrons. The minimum atomic E-state index is -0.693. The number of carboxylic acid groups (broad SMARTS) is 2. The van der Waals surface area contributed by atoms with E-state index in [-0.39, 0.29) is 21.1 Å². The van der Waals surface area contributed by atoms with E-state index >= 15 is 0 Å². The van der Waals surface area contributed by atoms with E-state index in [0.29, 0.717) is 12.8 Å². The topological polar surface area (TPSA) is 74.6 Å². The zero-order valence-electron chi connectivity index (χ0n) is 15.7. The van der Waals surface area contributed by atoms with Crippen LogP contribution in [0.15, 0.2) is 0 Å². The van der Waals surface area contributed by atoms with E-state index in [9.17, 15) is 9.59 Å². The van der Waals surface area contributed by atoms with Crippen LogP contribution in [0.25, 0.3) is 0 Å². The first-order chi connectivity index (χ1) is 11.0. The van der Waals surface area contributed by atoms with Crippen LogP contribution in [0.2, 0.25) is 8.87 Å². The quantitative estimate of drug-likeness (QED) is 0.306. The monoisotopic (exact) mass is 438 g/mol. The van der Waals surface area contributed by atoms with Crippen LogP contribution in [0.3, 0.4) is 0 Å². The Morgan fingerprint density at radius 1 is 0.652 bits per heavy atom. The van der Waals surface area contributed by atoms with E-state index < -0.39 is 11.9 Å². The first-order valence-corrected chi connectivity index (χ1v) is 13.1. The van der Waals surface area contributed by atoms with Crippen LogP contribution in [-0.4, -0.2) is 43.3 Å². The molecule has 5 heteroatoms. The van der Waals surface area contributed by atoms with E-state index in [4.69, 9.17) is 10.2 Å². The minimum absolute atomic E-state index is 0.149. The Morgan fingerprint density at radius 3 is 1.13 bits per heavy atom. The number of carboxylic acids is 2. The fourth-order valence-corrected chi connectivity index (χ4v) is 5.54. The number of hydrogen-bond acceptors (Lipinski definition) is 2. The molecule has 0 saturated carbocycles. The van der Waals surface area contributed by atoms with Crippen molar-refractivity contribution >= 4 is 33.1 Å². The standard InChI is InChI=1S/2C5H10O2.2C4H9.Sn/c2*1-2-3-4-5(6)7;2*1-3-4-2;/h2*2-4H2,1H3,(H,6,7);2*1,3-4H2,2H3;. The van der Waals surface area contributed by atoms with Crippen molar-refractivity contribution in [2.24, 2.45) is 0 Å².